The van der Waals surface area contributed by atoms with Gasteiger partial charge in [-0.2, -0.15) is 0 Å². The van der Waals surface area contributed by atoms with Crippen molar-refractivity contribution < 1.29 is 19.7 Å². The second-order valence-electron chi connectivity index (χ2n) is 3.61. The lowest BCUT2D eigenvalue weighted by Gasteiger charge is -2.18. The van der Waals surface area contributed by atoms with Crippen LogP contribution >= 0.6 is 7.37 Å². The summed E-state index contributed by atoms with van der Waals surface area (Å²) < 4.78 is 11.3. The van der Waals surface area contributed by atoms with E-state index in [9.17, 15) is 19.7 Å². The first kappa shape index (κ1) is 12.2. The van der Waals surface area contributed by atoms with Crippen molar-refractivity contribution in [3.63, 3.8) is 0 Å². The van der Waals surface area contributed by atoms with Gasteiger partial charge in [-0.15, -0.1) is 0 Å². The van der Waals surface area contributed by atoms with E-state index in [1.807, 2.05) is 0 Å². The van der Waals surface area contributed by atoms with Gasteiger partial charge in [0, 0.05) is 18.4 Å². The number of rotatable bonds is 2. The van der Waals surface area contributed by atoms with Crippen molar-refractivity contribution in [1.29, 1.82) is 0 Å². The molecule has 3 N–H and O–H groups in total. The van der Waals surface area contributed by atoms with Gasteiger partial charge in [0.2, 0.25) is 7.37 Å². The van der Waals surface area contributed by atoms with Crippen molar-refractivity contribution in [3.05, 3.63) is 23.0 Å². The van der Waals surface area contributed by atoms with Crippen LogP contribution in [0, 0.1) is 13.8 Å². The Morgan fingerprint density at radius 2 is 2.00 bits per heavy atom. The van der Waals surface area contributed by atoms with Crippen molar-refractivity contribution in [3.8, 4) is 5.75 Å². The van der Waals surface area contributed by atoms with Gasteiger partial charge in [0.05, 0.1) is 5.69 Å². The van der Waals surface area contributed by atoms with Crippen LogP contribution in [0.25, 0.3) is 0 Å². The van der Waals surface area contributed by atoms with Crippen LogP contribution in [0.4, 0.5) is 0 Å². The van der Waals surface area contributed by atoms with Crippen LogP contribution in [0.3, 0.4) is 0 Å². The minimum Gasteiger partial charge on any atom is -0.506 e. The fourth-order valence-electron chi connectivity index (χ4n) is 1.27. The summed E-state index contributed by atoms with van der Waals surface area (Å²) >= 11 is 0. The van der Waals surface area contributed by atoms with Gasteiger partial charge < -0.3 is 15.1 Å². The monoisotopic (exact) mass is 231 g/mol. The van der Waals surface area contributed by atoms with E-state index in [0.717, 1.165) is 6.66 Å². The smallest absolute Gasteiger partial charge is 0.229 e. The highest BCUT2D eigenvalue weighted by Crippen LogP contribution is 2.53. The number of aromatic hydroxyl groups is 1. The van der Waals surface area contributed by atoms with Gasteiger partial charge in [0.1, 0.15) is 5.75 Å². The average Bonchev–Trinajstić information content (AvgIpc) is 2.10. The van der Waals surface area contributed by atoms with Crippen LogP contribution in [-0.4, -0.2) is 26.8 Å². The predicted molar refractivity (Wildman–Crippen MR) is 56.1 cm³/mol. The van der Waals surface area contributed by atoms with Crippen LogP contribution in [-0.2, 0) is 4.57 Å². The minimum atomic E-state index is -3.68. The summed E-state index contributed by atoms with van der Waals surface area (Å²) in [5, 5.41) is 19.3. The van der Waals surface area contributed by atoms with Gasteiger partial charge in [-0.1, -0.05) is 0 Å². The molecule has 0 saturated heterocycles. The first-order valence-electron chi connectivity index (χ1n) is 4.38. The van der Waals surface area contributed by atoms with Gasteiger partial charge in [0.15, 0.2) is 5.85 Å². The van der Waals surface area contributed by atoms with E-state index in [1.54, 1.807) is 13.8 Å². The molecule has 2 unspecified atom stereocenters. The predicted octanol–water partition coefficient (Wildman–Crippen LogP) is 1.30. The summed E-state index contributed by atoms with van der Waals surface area (Å²) in [7, 11) is -3.68. The van der Waals surface area contributed by atoms with Crippen LogP contribution in [0.1, 0.15) is 22.7 Å². The van der Waals surface area contributed by atoms with Crippen LogP contribution in [0.15, 0.2) is 6.20 Å². The molecule has 84 valence electrons. The maximum Gasteiger partial charge on any atom is 0.229 e. The number of aryl methyl sites for hydroxylation is 2. The summed E-state index contributed by atoms with van der Waals surface area (Å²) in [5.74, 6) is -1.79. The van der Waals surface area contributed by atoms with Crippen LogP contribution in [0.2, 0.25) is 0 Å². The Balaban J connectivity index is 3.37. The number of aliphatic hydroxyl groups is 1. The lowest BCUT2D eigenvalue weighted by molar-refractivity contribution is 0.230. The van der Waals surface area contributed by atoms with Gasteiger partial charge >= 0.3 is 0 Å². The highest BCUT2D eigenvalue weighted by molar-refractivity contribution is 7.57. The summed E-state index contributed by atoms with van der Waals surface area (Å²) in [6, 6.07) is 0. The molecule has 1 rings (SSSR count). The van der Waals surface area contributed by atoms with Crippen molar-refractivity contribution in [2.75, 3.05) is 6.66 Å². The Hall–Kier alpha value is -0.900. The highest BCUT2D eigenvalue weighted by atomic mass is 31.2. The van der Waals surface area contributed by atoms with E-state index in [-0.39, 0.29) is 11.3 Å². The van der Waals surface area contributed by atoms with Crippen molar-refractivity contribution in [2.24, 2.45) is 0 Å². The van der Waals surface area contributed by atoms with E-state index in [0.29, 0.717) is 11.3 Å². The lowest BCUT2D eigenvalue weighted by Crippen LogP contribution is -2.03. The Morgan fingerprint density at radius 3 is 2.47 bits per heavy atom. The first-order chi connectivity index (χ1) is 6.75. The van der Waals surface area contributed by atoms with Gasteiger partial charge in [-0.3, -0.25) is 9.55 Å². The van der Waals surface area contributed by atoms with E-state index < -0.39 is 13.2 Å². The summed E-state index contributed by atoms with van der Waals surface area (Å²) in [6.07, 6.45) is 1.45. The third kappa shape index (κ3) is 2.37. The van der Waals surface area contributed by atoms with Gasteiger partial charge in [-0.05, 0) is 19.4 Å². The minimum absolute atomic E-state index is 0.0795. The number of aliphatic hydroxyl groups excluding tert-OH is 1. The molecule has 5 nitrogen and oxygen atoms in total. The third-order valence-electron chi connectivity index (χ3n) is 2.19. The SMILES string of the molecule is Cc1cnc(C)c(O)c1C(O)P(C)(=O)O. The molecule has 0 aromatic carbocycles. The van der Waals surface area contributed by atoms with Crippen molar-refractivity contribution >= 4 is 7.37 Å². The number of hydrogen-bond acceptors (Lipinski definition) is 4. The third-order valence-corrected chi connectivity index (χ3v) is 3.35. The van der Waals surface area contributed by atoms with Crippen molar-refractivity contribution in [1.82, 2.24) is 4.98 Å². The molecule has 0 aliphatic rings. The molecule has 6 heteroatoms. The van der Waals surface area contributed by atoms with Gasteiger partial charge in [0.25, 0.3) is 0 Å². The molecule has 2 atom stereocenters. The molecule has 0 saturated carbocycles. The Morgan fingerprint density at radius 1 is 1.47 bits per heavy atom. The number of pyridine rings is 1. The molecule has 0 bridgehead atoms. The van der Waals surface area contributed by atoms with E-state index >= 15 is 0 Å². The molecule has 0 aliphatic carbocycles. The first-order valence-corrected chi connectivity index (χ1v) is 6.55. The van der Waals surface area contributed by atoms with E-state index in [1.165, 1.54) is 6.20 Å². The second-order valence-corrected chi connectivity index (χ2v) is 5.98. The molecule has 0 amide bonds. The zero-order chi connectivity index (χ0) is 11.8. The number of aromatic nitrogens is 1. The second kappa shape index (κ2) is 3.93. The number of nitrogens with zero attached hydrogens (tertiary/aromatic N) is 1. The molecule has 0 aliphatic heterocycles. The Kier molecular flexibility index (Phi) is 3.19. The van der Waals surface area contributed by atoms with Crippen LogP contribution < -0.4 is 0 Å². The van der Waals surface area contributed by atoms with Crippen molar-refractivity contribution in [2.45, 2.75) is 19.7 Å². The fourth-order valence-corrected chi connectivity index (χ4v) is 2.08. The quantitative estimate of drug-likeness (QED) is 0.667. The maximum absolute atomic E-state index is 11.3. The molecule has 1 heterocycles. The Labute approximate surface area is 87.9 Å². The normalized spacial score (nSPS) is 17.1. The van der Waals surface area contributed by atoms with Gasteiger partial charge in [-0.25, -0.2) is 0 Å². The summed E-state index contributed by atoms with van der Waals surface area (Å²) in [4.78, 5) is 13.1. The molecule has 0 spiro atoms. The highest BCUT2D eigenvalue weighted by Gasteiger charge is 2.29. The van der Waals surface area contributed by atoms with E-state index in [4.69, 9.17) is 0 Å². The number of hydrogen-bond donors (Lipinski definition) is 3. The molecular weight excluding hydrogens is 217 g/mol. The summed E-state index contributed by atoms with van der Waals surface area (Å²) in [5.41, 5.74) is 0.889. The molecule has 1 aromatic rings. The largest absolute Gasteiger partial charge is 0.506 e. The topological polar surface area (TPSA) is 90.7 Å². The zero-order valence-electron chi connectivity index (χ0n) is 8.80. The fraction of sp³-hybridized carbons (Fsp3) is 0.444. The zero-order valence-corrected chi connectivity index (χ0v) is 9.69. The lowest BCUT2D eigenvalue weighted by atomic mass is 10.1. The van der Waals surface area contributed by atoms with Crippen LogP contribution in [0.5, 0.6) is 5.75 Å². The maximum atomic E-state index is 11.3. The molecule has 0 fully saturated rings. The molecule has 15 heavy (non-hydrogen) atoms. The standard InChI is InChI=1S/C9H14NO4P/c1-5-4-10-6(2)8(11)7(5)9(12)15(3,13)14/h4,9,11-12H,1-3H3,(H,13,14). The molecule has 1 aromatic heterocycles. The van der Waals surface area contributed by atoms with E-state index in [2.05, 4.69) is 4.98 Å². The average molecular weight is 231 g/mol. The summed E-state index contributed by atoms with van der Waals surface area (Å²) in [6.45, 7) is 4.22. The molecule has 0 radical (unpaired) electrons. The molecular formula is C9H14NO4P. The Bertz CT molecular complexity index is 426.